The molecule has 0 spiro atoms. The number of aliphatic hydroxyl groups is 2. The summed E-state index contributed by atoms with van der Waals surface area (Å²) < 4.78 is 36.8. The van der Waals surface area contributed by atoms with Gasteiger partial charge in [-0.05, 0) is 0 Å². The fourth-order valence-electron chi connectivity index (χ4n) is 2.62. The van der Waals surface area contributed by atoms with Gasteiger partial charge in [-0.2, -0.15) is 21.0 Å². The number of amides is 1. The van der Waals surface area contributed by atoms with Crippen LogP contribution in [0.1, 0.15) is 6.23 Å². The highest BCUT2D eigenvalue weighted by atomic mass is 32.2. The summed E-state index contributed by atoms with van der Waals surface area (Å²) >= 11 is 3.79. The Morgan fingerprint density at radius 2 is 2.10 bits per heavy atom. The quantitative estimate of drug-likeness (QED) is 0.229. The van der Waals surface area contributed by atoms with E-state index in [0.717, 1.165) is 0 Å². The molecule has 2 aromatic rings. The molecule has 3 heterocycles. The second-order valence-corrected chi connectivity index (χ2v) is 7.84. The average molecular weight is 449 g/mol. The van der Waals surface area contributed by atoms with Gasteiger partial charge in [0, 0.05) is 5.75 Å². The summed E-state index contributed by atoms with van der Waals surface area (Å²) in [5.74, 6) is -0.969. The van der Waals surface area contributed by atoms with E-state index in [0.29, 0.717) is 0 Å². The minimum Gasteiger partial charge on any atom is -0.387 e. The molecule has 1 amide bonds. The van der Waals surface area contributed by atoms with Gasteiger partial charge < -0.3 is 26.4 Å². The number of nitrogens with zero attached hydrogens (tertiary/aromatic N) is 4. The second kappa shape index (κ2) is 8.34. The van der Waals surface area contributed by atoms with Crippen LogP contribution in [0.25, 0.3) is 11.2 Å². The number of anilines is 1. The summed E-state index contributed by atoms with van der Waals surface area (Å²) in [6.45, 7) is -0.683. The topological polar surface area (TPSA) is 218 Å². The fourth-order valence-corrected chi connectivity index (χ4v) is 3.56. The second-order valence-electron chi connectivity index (χ2n) is 6.12. The number of fused-ring (bicyclic) bond motifs is 1. The van der Waals surface area contributed by atoms with E-state index < -0.39 is 53.4 Å². The molecule has 5 atom stereocenters. The maximum absolute atomic E-state index is 11.8. The standard InChI is InChI=1S/C13H19N7O7S2/c14-5(2-28)12(23)19-29(24,25)26-1-6-8(21)9(22)13(27-6)20-4-18-7-10(15)16-3-17-11(7)20/h3-6,8-9,13,21-22,28H,1-2,14H2,(H,19,23)(H2,15,16,17)/t5?,6-,8-,9-,13-/m1/s1. The number of hydrogen-bond donors (Lipinski definition) is 6. The van der Waals surface area contributed by atoms with Crippen LogP contribution in [0, 0.1) is 0 Å². The van der Waals surface area contributed by atoms with E-state index >= 15 is 0 Å². The molecule has 1 aliphatic heterocycles. The number of thiol groups is 1. The maximum Gasteiger partial charge on any atom is 0.362 e. The first kappa shape index (κ1) is 21.6. The van der Waals surface area contributed by atoms with Crippen molar-refractivity contribution < 1.29 is 32.3 Å². The Labute approximate surface area is 169 Å². The lowest BCUT2D eigenvalue weighted by molar-refractivity contribution is -0.120. The predicted molar refractivity (Wildman–Crippen MR) is 101 cm³/mol. The van der Waals surface area contributed by atoms with Gasteiger partial charge in [0.2, 0.25) is 0 Å². The Hall–Kier alpha value is -2.08. The molecule has 0 saturated carbocycles. The van der Waals surface area contributed by atoms with Crippen molar-refractivity contribution in [1.29, 1.82) is 0 Å². The van der Waals surface area contributed by atoms with Gasteiger partial charge in [0.15, 0.2) is 17.7 Å². The molecule has 7 N–H and O–H groups in total. The van der Waals surface area contributed by atoms with E-state index in [1.807, 2.05) is 0 Å². The predicted octanol–water partition coefficient (Wildman–Crippen LogP) is -3.34. The first-order valence-corrected chi connectivity index (χ1v) is 10.2. The molecule has 160 valence electrons. The molecule has 1 aliphatic rings. The van der Waals surface area contributed by atoms with Gasteiger partial charge in [-0.1, -0.05) is 0 Å². The van der Waals surface area contributed by atoms with E-state index in [9.17, 15) is 23.4 Å². The zero-order chi connectivity index (χ0) is 21.3. The summed E-state index contributed by atoms with van der Waals surface area (Å²) in [4.78, 5) is 23.4. The molecule has 29 heavy (non-hydrogen) atoms. The molecule has 1 fully saturated rings. The normalized spacial score (nSPS) is 25.9. The Balaban J connectivity index is 1.70. The van der Waals surface area contributed by atoms with Crippen molar-refractivity contribution in [1.82, 2.24) is 24.2 Å². The molecule has 2 aromatic heterocycles. The molecule has 0 aromatic carbocycles. The van der Waals surface area contributed by atoms with Crippen molar-refractivity contribution in [3.63, 3.8) is 0 Å². The summed E-state index contributed by atoms with van der Waals surface area (Å²) in [6, 6.07) is -1.15. The first-order valence-electron chi connectivity index (χ1n) is 8.16. The highest BCUT2D eigenvalue weighted by molar-refractivity contribution is 7.85. The van der Waals surface area contributed by atoms with Crippen LogP contribution in [0.5, 0.6) is 0 Å². The Bertz CT molecular complexity index is 1000. The molecule has 0 aliphatic carbocycles. The Morgan fingerprint density at radius 3 is 2.79 bits per heavy atom. The number of ether oxygens (including phenoxy) is 1. The summed E-state index contributed by atoms with van der Waals surface area (Å²) in [7, 11) is -4.52. The fraction of sp³-hybridized carbons (Fsp3) is 0.538. The average Bonchev–Trinajstić information content (AvgIpc) is 3.22. The molecule has 1 unspecified atom stereocenters. The Kier molecular flexibility index (Phi) is 6.22. The van der Waals surface area contributed by atoms with Crippen molar-refractivity contribution in [2.75, 3.05) is 18.1 Å². The SMILES string of the molecule is Nc1ncnc2c1ncn2[C@@H]1O[C@H](COS(=O)(=O)NC(=O)C(N)CS)[C@@H](O)[C@H]1O. The van der Waals surface area contributed by atoms with Crippen LogP contribution in [0.15, 0.2) is 12.7 Å². The number of carbonyl (C=O) groups excluding carboxylic acids is 1. The highest BCUT2D eigenvalue weighted by Gasteiger charge is 2.45. The molecular formula is C13H19N7O7S2. The van der Waals surface area contributed by atoms with Crippen molar-refractivity contribution >= 4 is 45.8 Å². The number of aliphatic hydroxyl groups excluding tert-OH is 2. The van der Waals surface area contributed by atoms with Crippen LogP contribution in [0.4, 0.5) is 5.82 Å². The number of imidazole rings is 1. The van der Waals surface area contributed by atoms with Crippen LogP contribution in [0.2, 0.25) is 0 Å². The molecular weight excluding hydrogens is 430 g/mol. The van der Waals surface area contributed by atoms with Crippen LogP contribution >= 0.6 is 12.6 Å². The van der Waals surface area contributed by atoms with Gasteiger partial charge in [-0.3, -0.25) is 13.5 Å². The van der Waals surface area contributed by atoms with E-state index in [4.69, 9.17) is 16.2 Å². The molecule has 3 rings (SSSR count). The third kappa shape index (κ3) is 4.42. The molecule has 1 saturated heterocycles. The third-order valence-electron chi connectivity index (χ3n) is 4.14. The van der Waals surface area contributed by atoms with E-state index in [1.54, 1.807) is 4.72 Å². The Morgan fingerprint density at radius 1 is 1.38 bits per heavy atom. The first-order chi connectivity index (χ1) is 13.6. The third-order valence-corrected chi connectivity index (χ3v) is 5.44. The number of carbonyl (C=O) groups is 1. The maximum atomic E-state index is 11.8. The number of nitrogens with two attached hydrogens (primary N) is 2. The van der Waals surface area contributed by atoms with Gasteiger partial charge in [0.05, 0.1) is 19.0 Å². The molecule has 16 heteroatoms. The number of hydrogen-bond acceptors (Lipinski definition) is 13. The summed E-state index contributed by atoms with van der Waals surface area (Å²) in [5, 5.41) is 20.5. The summed E-state index contributed by atoms with van der Waals surface area (Å²) in [6.07, 6.45) is -2.85. The molecule has 0 bridgehead atoms. The van der Waals surface area contributed by atoms with Crippen molar-refractivity contribution in [2.45, 2.75) is 30.6 Å². The molecule has 0 radical (unpaired) electrons. The smallest absolute Gasteiger partial charge is 0.362 e. The van der Waals surface area contributed by atoms with Crippen molar-refractivity contribution in [2.24, 2.45) is 5.73 Å². The lowest BCUT2D eigenvalue weighted by Crippen LogP contribution is -2.45. The van der Waals surface area contributed by atoms with Crippen LogP contribution in [-0.4, -0.2) is 80.8 Å². The monoisotopic (exact) mass is 449 g/mol. The van der Waals surface area contributed by atoms with E-state index in [-0.39, 0.29) is 22.7 Å². The zero-order valence-corrected chi connectivity index (χ0v) is 16.4. The summed E-state index contributed by atoms with van der Waals surface area (Å²) in [5.41, 5.74) is 11.6. The number of nitrogen functional groups attached to an aromatic ring is 1. The van der Waals surface area contributed by atoms with Crippen molar-refractivity contribution in [3.8, 4) is 0 Å². The van der Waals surface area contributed by atoms with Gasteiger partial charge in [0.1, 0.15) is 30.2 Å². The number of nitrogens with one attached hydrogen (secondary N) is 1. The van der Waals surface area contributed by atoms with E-state index in [1.165, 1.54) is 17.2 Å². The van der Waals surface area contributed by atoms with Crippen LogP contribution < -0.4 is 16.2 Å². The van der Waals surface area contributed by atoms with Gasteiger partial charge >= 0.3 is 10.3 Å². The molecule has 14 nitrogen and oxygen atoms in total. The van der Waals surface area contributed by atoms with Gasteiger partial charge in [-0.25, -0.2) is 19.7 Å². The van der Waals surface area contributed by atoms with Crippen LogP contribution in [0.3, 0.4) is 0 Å². The van der Waals surface area contributed by atoms with Crippen LogP contribution in [-0.2, 0) is 24.0 Å². The minimum absolute atomic E-state index is 0.0768. The van der Waals surface area contributed by atoms with E-state index in [2.05, 4.69) is 31.8 Å². The zero-order valence-electron chi connectivity index (χ0n) is 14.7. The van der Waals surface area contributed by atoms with Gasteiger partial charge in [-0.15, -0.1) is 0 Å². The number of aromatic nitrogens is 4. The van der Waals surface area contributed by atoms with Gasteiger partial charge in [0.25, 0.3) is 5.91 Å². The largest absolute Gasteiger partial charge is 0.387 e. The highest BCUT2D eigenvalue weighted by Crippen LogP contribution is 2.32. The lowest BCUT2D eigenvalue weighted by atomic mass is 10.1. The lowest BCUT2D eigenvalue weighted by Gasteiger charge is -2.16. The minimum atomic E-state index is -4.52. The van der Waals surface area contributed by atoms with Crippen molar-refractivity contribution in [3.05, 3.63) is 12.7 Å². The number of rotatable bonds is 7.